The molecule has 2 N–H and O–H groups in total. The summed E-state index contributed by atoms with van der Waals surface area (Å²) in [6.07, 6.45) is 0.315. The lowest BCUT2D eigenvalue weighted by atomic mass is 10.1. The highest BCUT2D eigenvalue weighted by Crippen LogP contribution is 2.21. The van der Waals surface area contributed by atoms with Crippen molar-refractivity contribution in [1.29, 1.82) is 0 Å². The highest BCUT2D eigenvalue weighted by atomic mass is 16.2. The number of aryl methyl sites for hydroxylation is 2. The van der Waals surface area contributed by atoms with E-state index in [4.69, 9.17) is 0 Å². The van der Waals surface area contributed by atoms with E-state index < -0.39 is 0 Å². The van der Waals surface area contributed by atoms with Gasteiger partial charge in [-0.2, -0.15) is 0 Å². The summed E-state index contributed by atoms with van der Waals surface area (Å²) < 4.78 is 0. The molecule has 2 aromatic rings. The summed E-state index contributed by atoms with van der Waals surface area (Å²) in [5, 5.41) is 5.71. The number of benzene rings is 2. The van der Waals surface area contributed by atoms with E-state index in [1.54, 1.807) is 4.90 Å². The highest BCUT2D eigenvalue weighted by molar-refractivity contribution is 5.97. The van der Waals surface area contributed by atoms with Crippen molar-refractivity contribution in [2.45, 2.75) is 26.3 Å². The summed E-state index contributed by atoms with van der Waals surface area (Å²) in [5.41, 5.74) is 3.92. The molecule has 1 heterocycles. The zero-order chi connectivity index (χ0) is 17.1. The summed E-state index contributed by atoms with van der Waals surface area (Å²) in [5.74, 6) is 0.0256. The van der Waals surface area contributed by atoms with Crippen molar-refractivity contribution < 1.29 is 9.59 Å². The van der Waals surface area contributed by atoms with Crippen LogP contribution in [0.4, 0.5) is 16.2 Å². The largest absolute Gasteiger partial charge is 0.333 e. The van der Waals surface area contributed by atoms with Crippen molar-refractivity contribution in [2.75, 3.05) is 16.8 Å². The lowest BCUT2D eigenvalue weighted by Crippen LogP contribution is -2.39. The van der Waals surface area contributed by atoms with E-state index in [9.17, 15) is 9.59 Å². The maximum atomic E-state index is 12.2. The minimum absolute atomic E-state index is 0.0256. The Morgan fingerprint density at radius 1 is 1.08 bits per heavy atom. The molecule has 124 valence electrons. The molecule has 0 aromatic heterocycles. The predicted octanol–water partition coefficient (Wildman–Crippen LogP) is 3.23. The molecular formula is C19H21N3O2. The quantitative estimate of drug-likeness (QED) is 0.911. The molecule has 0 aliphatic carbocycles. The lowest BCUT2D eigenvalue weighted by Gasteiger charge is -2.17. The first-order valence-corrected chi connectivity index (χ1v) is 8.03. The van der Waals surface area contributed by atoms with E-state index in [0.717, 1.165) is 16.9 Å². The van der Waals surface area contributed by atoms with E-state index in [2.05, 4.69) is 10.6 Å². The Bertz CT molecular complexity index is 758. The number of rotatable bonds is 3. The van der Waals surface area contributed by atoms with Gasteiger partial charge in [0.05, 0.1) is 6.04 Å². The summed E-state index contributed by atoms with van der Waals surface area (Å²) in [7, 11) is 0. The third-order valence-electron chi connectivity index (χ3n) is 4.29. The summed E-state index contributed by atoms with van der Waals surface area (Å²) >= 11 is 0. The first kappa shape index (κ1) is 16.1. The molecule has 1 aliphatic heterocycles. The number of nitrogens with zero attached hydrogens (tertiary/aromatic N) is 1. The minimum atomic E-state index is -0.286. The molecule has 5 heteroatoms. The Morgan fingerprint density at radius 2 is 1.83 bits per heavy atom. The van der Waals surface area contributed by atoms with Crippen LogP contribution in [-0.2, 0) is 4.79 Å². The third-order valence-corrected chi connectivity index (χ3v) is 4.29. The zero-order valence-electron chi connectivity index (χ0n) is 13.9. The monoisotopic (exact) mass is 323 g/mol. The summed E-state index contributed by atoms with van der Waals surface area (Å²) in [6.45, 7) is 4.52. The molecule has 1 atom stereocenters. The van der Waals surface area contributed by atoms with Crippen molar-refractivity contribution in [2.24, 2.45) is 0 Å². The Morgan fingerprint density at radius 3 is 2.54 bits per heavy atom. The first-order chi connectivity index (χ1) is 11.5. The number of amides is 3. The number of carbonyl (C=O) groups is 2. The van der Waals surface area contributed by atoms with Gasteiger partial charge in [0.2, 0.25) is 5.91 Å². The van der Waals surface area contributed by atoms with Gasteiger partial charge in [0.25, 0.3) is 0 Å². The van der Waals surface area contributed by atoms with E-state index in [0.29, 0.717) is 13.0 Å². The fourth-order valence-electron chi connectivity index (χ4n) is 2.83. The van der Waals surface area contributed by atoms with Crippen LogP contribution in [0.2, 0.25) is 0 Å². The van der Waals surface area contributed by atoms with Gasteiger partial charge < -0.3 is 15.5 Å². The molecule has 1 unspecified atom stereocenters. The van der Waals surface area contributed by atoms with E-state index >= 15 is 0 Å². The molecule has 0 spiro atoms. The SMILES string of the molecule is Cc1ccc(NC(=O)NC2CC(=O)N(c3ccccc3)C2)cc1C. The number of nitrogens with one attached hydrogen (secondary N) is 2. The number of hydrogen-bond acceptors (Lipinski definition) is 2. The fraction of sp³-hybridized carbons (Fsp3) is 0.263. The van der Waals surface area contributed by atoms with E-state index in [1.165, 1.54) is 5.56 Å². The summed E-state index contributed by atoms with van der Waals surface area (Å²) in [6, 6.07) is 14.8. The highest BCUT2D eigenvalue weighted by Gasteiger charge is 2.31. The predicted molar refractivity (Wildman–Crippen MR) is 95.3 cm³/mol. The zero-order valence-corrected chi connectivity index (χ0v) is 13.9. The van der Waals surface area contributed by atoms with Crippen molar-refractivity contribution in [1.82, 2.24) is 5.32 Å². The standard InChI is InChI=1S/C19H21N3O2/c1-13-8-9-15(10-14(13)2)20-19(24)21-16-11-18(23)22(12-16)17-6-4-3-5-7-17/h3-10,16H,11-12H2,1-2H3,(H2,20,21,24). The number of para-hydroxylation sites is 1. The molecule has 0 radical (unpaired) electrons. The maximum absolute atomic E-state index is 12.2. The van der Waals surface area contributed by atoms with Crippen LogP contribution in [-0.4, -0.2) is 24.5 Å². The van der Waals surface area contributed by atoms with Gasteiger partial charge in [-0.3, -0.25) is 4.79 Å². The van der Waals surface area contributed by atoms with Gasteiger partial charge in [-0.15, -0.1) is 0 Å². The molecule has 1 fully saturated rings. The maximum Gasteiger partial charge on any atom is 0.319 e. The van der Waals surface area contributed by atoms with E-state index in [-0.39, 0.29) is 18.0 Å². The molecule has 1 aliphatic rings. The normalized spacial score (nSPS) is 17.0. The Balaban J connectivity index is 1.59. The second kappa shape index (κ2) is 6.74. The number of carbonyl (C=O) groups excluding carboxylic acids is 2. The second-order valence-electron chi connectivity index (χ2n) is 6.14. The van der Waals surface area contributed by atoms with Gasteiger partial charge in [0, 0.05) is 24.3 Å². The lowest BCUT2D eigenvalue weighted by molar-refractivity contribution is -0.117. The average Bonchev–Trinajstić information content (AvgIpc) is 2.92. The number of urea groups is 1. The van der Waals surface area contributed by atoms with Gasteiger partial charge in [-0.25, -0.2) is 4.79 Å². The average molecular weight is 323 g/mol. The Kier molecular flexibility index (Phi) is 4.51. The van der Waals surface area contributed by atoms with Crippen LogP contribution in [0.15, 0.2) is 48.5 Å². The molecule has 5 nitrogen and oxygen atoms in total. The first-order valence-electron chi connectivity index (χ1n) is 8.03. The van der Waals surface area contributed by atoms with E-state index in [1.807, 2.05) is 62.4 Å². The third kappa shape index (κ3) is 3.56. The number of hydrogen-bond donors (Lipinski definition) is 2. The van der Waals surface area contributed by atoms with Gasteiger partial charge in [0.15, 0.2) is 0 Å². The van der Waals surface area contributed by atoms with Crippen molar-refractivity contribution in [3.8, 4) is 0 Å². The molecule has 3 rings (SSSR count). The fourth-order valence-corrected chi connectivity index (χ4v) is 2.83. The van der Waals surface area contributed by atoms with Gasteiger partial charge in [-0.05, 0) is 49.2 Å². The van der Waals surface area contributed by atoms with Crippen molar-refractivity contribution >= 4 is 23.3 Å². The Hall–Kier alpha value is -2.82. The second-order valence-corrected chi connectivity index (χ2v) is 6.14. The molecular weight excluding hydrogens is 302 g/mol. The molecule has 0 saturated carbocycles. The smallest absolute Gasteiger partial charge is 0.319 e. The van der Waals surface area contributed by atoms with Crippen LogP contribution in [0.5, 0.6) is 0 Å². The molecule has 0 bridgehead atoms. The molecule has 1 saturated heterocycles. The number of anilines is 2. The van der Waals surface area contributed by atoms with Crippen LogP contribution < -0.4 is 15.5 Å². The topological polar surface area (TPSA) is 61.4 Å². The van der Waals surface area contributed by atoms with Crippen LogP contribution in [0.25, 0.3) is 0 Å². The molecule has 24 heavy (non-hydrogen) atoms. The van der Waals surface area contributed by atoms with Gasteiger partial charge in [-0.1, -0.05) is 24.3 Å². The molecule has 3 amide bonds. The van der Waals surface area contributed by atoms with Gasteiger partial charge in [0.1, 0.15) is 0 Å². The Labute approximate surface area is 141 Å². The van der Waals surface area contributed by atoms with Gasteiger partial charge >= 0.3 is 6.03 Å². The molecule has 2 aromatic carbocycles. The summed E-state index contributed by atoms with van der Waals surface area (Å²) in [4.78, 5) is 26.0. The minimum Gasteiger partial charge on any atom is -0.333 e. The van der Waals surface area contributed by atoms with Crippen LogP contribution in [0.3, 0.4) is 0 Å². The van der Waals surface area contributed by atoms with Crippen LogP contribution in [0.1, 0.15) is 17.5 Å². The van der Waals surface area contributed by atoms with Crippen molar-refractivity contribution in [3.05, 3.63) is 59.7 Å². The van der Waals surface area contributed by atoms with Crippen molar-refractivity contribution in [3.63, 3.8) is 0 Å². The van der Waals surface area contributed by atoms with Crippen LogP contribution in [0, 0.1) is 13.8 Å². The van der Waals surface area contributed by atoms with Crippen LogP contribution >= 0.6 is 0 Å².